The molecule has 2 aliphatic heterocycles. The number of aromatic nitrogens is 1. The van der Waals surface area contributed by atoms with E-state index >= 15 is 0 Å². The van der Waals surface area contributed by atoms with E-state index in [1.807, 2.05) is 54.6 Å². The highest BCUT2D eigenvalue weighted by molar-refractivity contribution is 8.30. The summed E-state index contributed by atoms with van der Waals surface area (Å²) in [6, 6.07) is 24.3. The van der Waals surface area contributed by atoms with Crippen LogP contribution in [0.2, 0.25) is 0 Å². The van der Waals surface area contributed by atoms with Crippen molar-refractivity contribution in [3.8, 4) is 0 Å². The fourth-order valence-electron chi connectivity index (χ4n) is 6.55. The molecule has 3 aliphatic rings. The maximum atomic E-state index is 13.7. The summed E-state index contributed by atoms with van der Waals surface area (Å²) in [5.41, 5.74) is 5.91. The largest absolute Gasteiger partial charge is 0.446 e. The van der Waals surface area contributed by atoms with Crippen LogP contribution >= 0.6 is 35.3 Å². The van der Waals surface area contributed by atoms with Gasteiger partial charge < -0.3 is 14.7 Å². The molecule has 3 aromatic carbocycles. The topological polar surface area (TPSA) is 92.1 Å². The second kappa shape index (κ2) is 12.4. The number of rotatable bonds is 8. The molecule has 0 spiro atoms. The molecule has 2 unspecified atom stereocenters. The first kappa shape index (κ1) is 29.7. The van der Waals surface area contributed by atoms with Crippen molar-refractivity contribution in [3.63, 3.8) is 0 Å². The lowest BCUT2D eigenvalue weighted by Gasteiger charge is -2.27. The molecule has 0 radical (unpaired) electrons. The molecule has 1 N–H and O–H groups in total. The van der Waals surface area contributed by atoms with E-state index in [9.17, 15) is 19.5 Å². The number of amides is 1. The van der Waals surface area contributed by atoms with E-state index < -0.39 is 0 Å². The lowest BCUT2D eigenvalue weighted by molar-refractivity contribution is -0.132. The second-order valence-corrected chi connectivity index (χ2v) is 13.9. The molecule has 228 valence electrons. The molecule has 45 heavy (non-hydrogen) atoms. The Bertz CT molecular complexity index is 1990. The van der Waals surface area contributed by atoms with Crippen molar-refractivity contribution >= 4 is 74.4 Å². The minimum Gasteiger partial charge on any atom is -0.446 e. The number of hydrogen-bond acceptors (Lipinski definition) is 9. The van der Waals surface area contributed by atoms with Gasteiger partial charge in [0.1, 0.15) is 13.9 Å². The van der Waals surface area contributed by atoms with Gasteiger partial charge in [-0.2, -0.15) is 0 Å². The zero-order chi connectivity index (χ0) is 31.1. The Labute approximate surface area is 272 Å². The van der Waals surface area contributed by atoms with E-state index in [4.69, 9.17) is 17.0 Å². The number of thiocarbonyl (C=S) groups is 1. The highest BCUT2D eigenvalue weighted by atomic mass is 32.2. The molecular weight excluding hydrogens is 627 g/mol. The standard InChI is InChI=1S/C34H29N3O5S3/c38-18-22-9-12-24(13-10-22)37-27-8-4-7-25(27)26-15-23(11-14-28(26)37)16-29-31(40)36(19-42-20-39)33(44-29)30-32(41)35(34(43)45-30)17-21-5-2-1-3-6-21/h1-3,5-6,9-16,20,25,27,38H,4,7-8,17-19H2. The van der Waals surface area contributed by atoms with E-state index in [-0.39, 0.29) is 24.8 Å². The fourth-order valence-corrected chi connectivity index (χ4v) is 9.05. The molecule has 2 fully saturated rings. The van der Waals surface area contributed by atoms with Crippen LogP contribution in [0.4, 0.5) is 11.4 Å². The van der Waals surface area contributed by atoms with Crippen LogP contribution in [-0.4, -0.2) is 37.3 Å². The molecule has 1 saturated carbocycles. The van der Waals surface area contributed by atoms with Crippen molar-refractivity contribution in [2.24, 2.45) is 0 Å². The smallest absolute Gasteiger partial charge is 0.294 e. The molecule has 11 heteroatoms. The van der Waals surface area contributed by atoms with Crippen LogP contribution in [0.3, 0.4) is 0 Å². The summed E-state index contributed by atoms with van der Waals surface area (Å²) in [5.74, 6) is 0.112. The van der Waals surface area contributed by atoms with E-state index in [1.165, 1.54) is 26.4 Å². The average molecular weight is 656 g/mol. The highest BCUT2D eigenvalue weighted by Crippen LogP contribution is 2.52. The number of benzene rings is 3. The Kier molecular flexibility index (Phi) is 8.17. The van der Waals surface area contributed by atoms with E-state index in [1.54, 1.807) is 0 Å². The molecule has 4 aromatic rings. The number of aliphatic hydroxyl groups is 1. The normalized spacial score (nSPS) is 20.6. The van der Waals surface area contributed by atoms with Crippen molar-refractivity contribution in [1.82, 2.24) is 9.47 Å². The number of fused-ring (bicyclic) bond motifs is 3. The van der Waals surface area contributed by atoms with E-state index in [0.717, 1.165) is 59.1 Å². The Balaban J connectivity index is 1.28. The number of ether oxygens (including phenoxy) is 1. The molecule has 8 nitrogen and oxygen atoms in total. The first-order valence-corrected chi connectivity index (χ1v) is 16.7. The van der Waals surface area contributed by atoms with Gasteiger partial charge in [0.25, 0.3) is 17.9 Å². The Morgan fingerprint density at radius 1 is 1.00 bits per heavy atom. The van der Waals surface area contributed by atoms with Gasteiger partial charge in [0.05, 0.1) is 17.7 Å². The molecule has 3 heterocycles. The summed E-state index contributed by atoms with van der Waals surface area (Å²) in [6.45, 7) is 0.330. The Morgan fingerprint density at radius 2 is 1.80 bits per heavy atom. The number of thioether (sulfide) groups is 1. The number of anilines is 2. The molecule has 1 saturated heterocycles. The molecular formula is C34H29N3O5S3. The number of carbonyl (C=O) groups is 2. The number of hydrogen-bond donors (Lipinski definition) is 1. The van der Waals surface area contributed by atoms with Gasteiger partial charge in [-0.1, -0.05) is 78.9 Å². The number of aliphatic hydroxyl groups excluding tert-OH is 1. The lowest BCUT2D eigenvalue weighted by Crippen LogP contribution is -2.34. The first-order valence-electron chi connectivity index (χ1n) is 14.7. The van der Waals surface area contributed by atoms with Crippen molar-refractivity contribution in [2.45, 2.75) is 51.1 Å². The third-order valence-corrected chi connectivity index (χ3v) is 11.3. The van der Waals surface area contributed by atoms with Crippen molar-refractivity contribution in [2.75, 3.05) is 4.90 Å². The van der Waals surface area contributed by atoms with Crippen LogP contribution < -0.4 is 19.7 Å². The number of nitrogens with zero attached hydrogens (tertiary/aromatic N) is 3. The van der Waals surface area contributed by atoms with Gasteiger partial charge in [-0.25, -0.2) is 0 Å². The molecule has 1 amide bonds. The van der Waals surface area contributed by atoms with Crippen LogP contribution in [-0.2, 0) is 34.2 Å². The Hall–Kier alpha value is -4.03. The monoisotopic (exact) mass is 655 g/mol. The minimum atomic E-state index is -0.338. The quantitative estimate of drug-likeness (QED) is 0.222. The number of carbonyl (C=O) groups excluding carboxylic acids is 2. The average Bonchev–Trinajstić information content (AvgIpc) is 3.80. The molecule has 7 rings (SSSR count). The van der Waals surface area contributed by atoms with Crippen molar-refractivity contribution < 1.29 is 19.4 Å². The molecule has 1 aliphatic carbocycles. The summed E-state index contributed by atoms with van der Waals surface area (Å²) in [6.07, 6.45) is 5.20. The maximum absolute atomic E-state index is 13.7. The lowest BCUT2D eigenvalue weighted by atomic mass is 9.96. The van der Waals surface area contributed by atoms with Crippen LogP contribution in [0.5, 0.6) is 0 Å². The molecule has 1 aromatic heterocycles. The summed E-state index contributed by atoms with van der Waals surface area (Å²) in [5, 5.41) is 9.50. The van der Waals surface area contributed by atoms with Gasteiger partial charge in [-0.15, -0.1) is 11.3 Å². The predicted molar refractivity (Wildman–Crippen MR) is 180 cm³/mol. The summed E-state index contributed by atoms with van der Waals surface area (Å²) >= 11 is 7.92. The highest BCUT2D eigenvalue weighted by Gasteiger charge is 2.42. The van der Waals surface area contributed by atoms with Gasteiger partial charge in [-0.3, -0.25) is 23.9 Å². The predicted octanol–water partition coefficient (Wildman–Crippen LogP) is 4.32. The van der Waals surface area contributed by atoms with Gasteiger partial charge in [0.15, 0.2) is 6.73 Å². The van der Waals surface area contributed by atoms with Gasteiger partial charge in [0, 0.05) is 23.3 Å². The summed E-state index contributed by atoms with van der Waals surface area (Å²) < 4.78 is 7.59. The second-order valence-electron chi connectivity index (χ2n) is 11.2. The fraction of sp³-hybridized carbons (Fsp3) is 0.235. The van der Waals surface area contributed by atoms with Gasteiger partial charge in [-0.05, 0) is 65.4 Å². The van der Waals surface area contributed by atoms with Gasteiger partial charge in [0.2, 0.25) is 0 Å². The van der Waals surface area contributed by atoms with Crippen LogP contribution in [0.1, 0.15) is 47.4 Å². The van der Waals surface area contributed by atoms with Crippen LogP contribution in [0, 0.1) is 0 Å². The van der Waals surface area contributed by atoms with Crippen LogP contribution in [0.15, 0.2) is 77.6 Å². The first-order chi connectivity index (χ1) is 22.0. The number of thiazole rings is 1. The molecule has 2 atom stereocenters. The van der Waals surface area contributed by atoms with Crippen molar-refractivity contribution in [1.29, 1.82) is 0 Å². The Morgan fingerprint density at radius 3 is 2.56 bits per heavy atom. The summed E-state index contributed by atoms with van der Waals surface area (Å²) in [4.78, 5) is 42.6. The third kappa shape index (κ3) is 5.43. The zero-order valence-corrected chi connectivity index (χ0v) is 26.6. The van der Waals surface area contributed by atoms with Crippen LogP contribution in [0.25, 0.3) is 11.0 Å². The zero-order valence-electron chi connectivity index (χ0n) is 24.1. The maximum Gasteiger partial charge on any atom is 0.294 e. The summed E-state index contributed by atoms with van der Waals surface area (Å²) in [7, 11) is 0. The van der Waals surface area contributed by atoms with Crippen molar-refractivity contribution in [3.05, 3.63) is 115 Å². The van der Waals surface area contributed by atoms with Gasteiger partial charge >= 0.3 is 0 Å². The molecule has 0 bridgehead atoms. The van der Waals surface area contributed by atoms with E-state index in [2.05, 4.69) is 29.2 Å². The third-order valence-electron chi connectivity index (χ3n) is 8.62. The SMILES string of the molecule is O=COCn1c(=C2SC(=S)N(Cc3ccccc3)C2=O)sc(=Cc2ccc3c(c2)C2CCCC2N3c2ccc(CO)cc2)c1=O. The minimum absolute atomic E-state index is 0.0141. The van der Waals surface area contributed by atoms with E-state index in [0.29, 0.717) is 43.4 Å².